The molecule has 0 spiro atoms. The molecule has 5 heteroatoms. The zero-order chi connectivity index (χ0) is 17.2. The molecule has 124 valence electrons. The number of aryl methyl sites for hydroxylation is 1. The molecule has 2 aromatic carbocycles. The molecule has 0 aliphatic heterocycles. The molecule has 0 unspecified atom stereocenters. The van der Waals surface area contributed by atoms with Gasteiger partial charge in [0.15, 0.2) is 0 Å². The first-order valence-electron chi connectivity index (χ1n) is 8.16. The van der Waals surface area contributed by atoms with Gasteiger partial charge in [0, 0.05) is 34.0 Å². The van der Waals surface area contributed by atoms with Gasteiger partial charge in [0.05, 0.1) is 12.1 Å². The number of H-pyrrole nitrogens is 2. The molecule has 0 saturated carbocycles. The smallest absolute Gasteiger partial charge is 0.228 e. The van der Waals surface area contributed by atoms with Crippen molar-refractivity contribution in [1.82, 2.24) is 15.2 Å². The summed E-state index contributed by atoms with van der Waals surface area (Å²) in [4.78, 5) is 15.6. The van der Waals surface area contributed by atoms with E-state index in [1.165, 1.54) is 0 Å². The van der Waals surface area contributed by atoms with E-state index < -0.39 is 0 Å². The molecule has 0 aliphatic carbocycles. The zero-order valence-electron chi connectivity index (χ0n) is 13.8. The minimum absolute atomic E-state index is 0.0416. The number of hydrogen-bond acceptors (Lipinski definition) is 2. The van der Waals surface area contributed by atoms with E-state index >= 15 is 0 Å². The van der Waals surface area contributed by atoms with E-state index in [-0.39, 0.29) is 5.91 Å². The minimum Gasteiger partial charge on any atom is -0.361 e. The normalized spacial score (nSPS) is 10.9. The molecular formula is C20H18N4O. The van der Waals surface area contributed by atoms with Crippen molar-refractivity contribution in [3.05, 3.63) is 72.1 Å². The molecule has 1 amide bonds. The maximum atomic E-state index is 12.4. The Hall–Kier alpha value is -3.34. The van der Waals surface area contributed by atoms with E-state index in [1.807, 2.05) is 67.7 Å². The van der Waals surface area contributed by atoms with Crippen LogP contribution in [-0.2, 0) is 11.2 Å². The lowest BCUT2D eigenvalue weighted by Gasteiger charge is -2.06. The number of carbonyl (C=O) groups excluding carboxylic acids is 1. The van der Waals surface area contributed by atoms with Crippen LogP contribution in [0.25, 0.3) is 22.2 Å². The minimum atomic E-state index is -0.0416. The largest absolute Gasteiger partial charge is 0.361 e. The lowest BCUT2D eigenvalue weighted by molar-refractivity contribution is -0.115. The number of amides is 1. The van der Waals surface area contributed by atoms with Gasteiger partial charge in [-0.15, -0.1) is 0 Å². The van der Waals surface area contributed by atoms with E-state index in [0.717, 1.165) is 39.1 Å². The van der Waals surface area contributed by atoms with Gasteiger partial charge in [-0.25, -0.2) is 0 Å². The standard InChI is InChI=1S/C20H18N4O/c1-13-9-19(24-23-13)14-5-4-6-16(10-14)22-20(25)11-15-12-21-18-8-3-2-7-17(15)18/h2-10,12,21H,11H2,1H3,(H,22,25)(H,23,24). The molecule has 4 rings (SSSR count). The highest BCUT2D eigenvalue weighted by Crippen LogP contribution is 2.22. The molecule has 0 radical (unpaired) electrons. The van der Waals surface area contributed by atoms with Gasteiger partial charge in [-0.05, 0) is 36.8 Å². The summed E-state index contributed by atoms with van der Waals surface area (Å²) in [6, 6.07) is 17.7. The fourth-order valence-electron chi connectivity index (χ4n) is 2.98. The molecule has 25 heavy (non-hydrogen) atoms. The summed E-state index contributed by atoms with van der Waals surface area (Å²) in [6.07, 6.45) is 2.23. The quantitative estimate of drug-likeness (QED) is 0.528. The van der Waals surface area contributed by atoms with Crippen LogP contribution in [0.2, 0.25) is 0 Å². The Balaban J connectivity index is 1.51. The number of para-hydroxylation sites is 1. The van der Waals surface area contributed by atoms with E-state index in [1.54, 1.807) is 0 Å². The molecule has 0 bridgehead atoms. The van der Waals surface area contributed by atoms with Crippen molar-refractivity contribution >= 4 is 22.5 Å². The number of carbonyl (C=O) groups is 1. The fourth-order valence-corrected chi connectivity index (χ4v) is 2.98. The van der Waals surface area contributed by atoms with Gasteiger partial charge in [0.2, 0.25) is 5.91 Å². The number of benzene rings is 2. The SMILES string of the molecule is Cc1cc(-c2cccc(NC(=O)Cc3c[nH]c4ccccc34)c2)n[nH]1. The van der Waals surface area contributed by atoms with Gasteiger partial charge >= 0.3 is 0 Å². The number of anilines is 1. The molecule has 4 aromatic rings. The van der Waals surface area contributed by atoms with Crippen molar-refractivity contribution in [3.8, 4) is 11.3 Å². The molecule has 2 aromatic heterocycles. The van der Waals surface area contributed by atoms with Gasteiger partial charge in [-0.1, -0.05) is 30.3 Å². The maximum absolute atomic E-state index is 12.4. The maximum Gasteiger partial charge on any atom is 0.228 e. The molecule has 0 fully saturated rings. The Bertz CT molecular complexity index is 1040. The van der Waals surface area contributed by atoms with Crippen molar-refractivity contribution in [2.45, 2.75) is 13.3 Å². The summed E-state index contributed by atoms with van der Waals surface area (Å²) in [5.74, 6) is -0.0416. The second kappa shape index (κ2) is 6.28. The Labute approximate surface area is 145 Å². The number of rotatable bonds is 4. The molecule has 5 nitrogen and oxygen atoms in total. The topological polar surface area (TPSA) is 73.6 Å². The second-order valence-corrected chi connectivity index (χ2v) is 6.10. The van der Waals surface area contributed by atoms with Crippen LogP contribution in [0.15, 0.2) is 60.8 Å². The molecule has 0 atom stereocenters. The first-order chi connectivity index (χ1) is 12.2. The van der Waals surface area contributed by atoms with Crippen LogP contribution in [0.4, 0.5) is 5.69 Å². The summed E-state index contributed by atoms with van der Waals surface area (Å²) in [6.45, 7) is 1.96. The van der Waals surface area contributed by atoms with Gasteiger partial charge in [-0.3, -0.25) is 9.89 Å². The molecule has 2 heterocycles. The molecular weight excluding hydrogens is 312 g/mol. The third-order valence-corrected chi connectivity index (χ3v) is 4.17. The first kappa shape index (κ1) is 15.2. The summed E-state index contributed by atoms with van der Waals surface area (Å²) in [5, 5.41) is 11.2. The van der Waals surface area contributed by atoms with Gasteiger partial charge in [0.25, 0.3) is 0 Å². The average molecular weight is 330 g/mol. The fraction of sp³-hybridized carbons (Fsp3) is 0.100. The van der Waals surface area contributed by atoms with Crippen LogP contribution in [0, 0.1) is 6.92 Å². The highest BCUT2D eigenvalue weighted by Gasteiger charge is 2.10. The molecule has 0 aliphatic rings. The summed E-state index contributed by atoms with van der Waals surface area (Å²) < 4.78 is 0. The second-order valence-electron chi connectivity index (χ2n) is 6.10. The third kappa shape index (κ3) is 3.17. The Morgan fingerprint density at radius 1 is 1.12 bits per heavy atom. The van der Waals surface area contributed by atoms with Crippen molar-refractivity contribution in [2.24, 2.45) is 0 Å². The number of fused-ring (bicyclic) bond motifs is 1. The number of aromatic amines is 2. The Morgan fingerprint density at radius 2 is 2.00 bits per heavy atom. The predicted octanol–water partition coefficient (Wildman–Crippen LogP) is 4.05. The van der Waals surface area contributed by atoms with Crippen molar-refractivity contribution in [2.75, 3.05) is 5.32 Å². The van der Waals surface area contributed by atoms with E-state index in [9.17, 15) is 4.79 Å². The first-order valence-corrected chi connectivity index (χ1v) is 8.16. The van der Waals surface area contributed by atoms with Crippen molar-refractivity contribution < 1.29 is 4.79 Å². The number of nitrogens with one attached hydrogen (secondary N) is 3. The van der Waals surface area contributed by atoms with E-state index in [4.69, 9.17) is 0 Å². The summed E-state index contributed by atoms with van der Waals surface area (Å²) in [5.41, 5.74) is 5.64. The number of aromatic nitrogens is 3. The predicted molar refractivity (Wildman–Crippen MR) is 99.4 cm³/mol. The van der Waals surface area contributed by atoms with Gasteiger partial charge < -0.3 is 10.3 Å². The van der Waals surface area contributed by atoms with Gasteiger partial charge in [0.1, 0.15) is 0 Å². The van der Waals surface area contributed by atoms with Crippen molar-refractivity contribution in [1.29, 1.82) is 0 Å². The van der Waals surface area contributed by atoms with Crippen LogP contribution in [0.1, 0.15) is 11.3 Å². The average Bonchev–Trinajstić information content (AvgIpc) is 3.22. The van der Waals surface area contributed by atoms with E-state index in [0.29, 0.717) is 6.42 Å². The Kier molecular flexibility index (Phi) is 3.82. The highest BCUT2D eigenvalue weighted by atomic mass is 16.1. The van der Waals surface area contributed by atoms with Crippen LogP contribution < -0.4 is 5.32 Å². The highest BCUT2D eigenvalue weighted by molar-refractivity contribution is 5.96. The number of hydrogen-bond donors (Lipinski definition) is 3. The van der Waals surface area contributed by atoms with Crippen LogP contribution in [0.5, 0.6) is 0 Å². The zero-order valence-corrected chi connectivity index (χ0v) is 13.8. The summed E-state index contributed by atoms with van der Waals surface area (Å²) >= 11 is 0. The Morgan fingerprint density at radius 3 is 2.84 bits per heavy atom. The lowest BCUT2D eigenvalue weighted by atomic mass is 10.1. The van der Waals surface area contributed by atoms with Crippen molar-refractivity contribution in [3.63, 3.8) is 0 Å². The van der Waals surface area contributed by atoms with Crippen LogP contribution in [0.3, 0.4) is 0 Å². The molecule has 0 saturated heterocycles. The van der Waals surface area contributed by atoms with Crippen LogP contribution in [-0.4, -0.2) is 21.1 Å². The van der Waals surface area contributed by atoms with E-state index in [2.05, 4.69) is 20.5 Å². The lowest BCUT2D eigenvalue weighted by Crippen LogP contribution is -2.14. The number of nitrogens with zero attached hydrogens (tertiary/aromatic N) is 1. The summed E-state index contributed by atoms with van der Waals surface area (Å²) in [7, 11) is 0. The van der Waals surface area contributed by atoms with Gasteiger partial charge in [-0.2, -0.15) is 5.10 Å². The monoisotopic (exact) mass is 330 g/mol. The van der Waals surface area contributed by atoms with Crippen LogP contribution >= 0.6 is 0 Å². The molecule has 3 N–H and O–H groups in total. The third-order valence-electron chi connectivity index (χ3n) is 4.17.